The Kier molecular flexibility index (Phi) is 7.37. The SMILES string of the molecule is CCOC(=O)N1CCN(C(=O)C2CCN(S(=O)(=O)c3ccc4c(c3)C[C@H](C)N4C(C)=O)CC2)CC1. The Morgan fingerprint density at radius 1 is 1.00 bits per heavy atom. The fourth-order valence-electron chi connectivity index (χ4n) is 5.32. The molecule has 3 aliphatic rings. The van der Waals surface area contributed by atoms with Gasteiger partial charge in [0.25, 0.3) is 0 Å². The summed E-state index contributed by atoms with van der Waals surface area (Å²) in [5.41, 5.74) is 1.64. The first-order chi connectivity index (χ1) is 16.6. The normalized spacial score (nSPS) is 21.7. The van der Waals surface area contributed by atoms with Gasteiger partial charge in [0.1, 0.15) is 0 Å². The van der Waals surface area contributed by atoms with Gasteiger partial charge in [0.05, 0.1) is 11.5 Å². The summed E-state index contributed by atoms with van der Waals surface area (Å²) in [5, 5.41) is 0. The van der Waals surface area contributed by atoms with Crippen molar-refractivity contribution in [3.05, 3.63) is 23.8 Å². The summed E-state index contributed by atoms with van der Waals surface area (Å²) in [6.45, 7) is 7.92. The predicted molar refractivity (Wildman–Crippen MR) is 129 cm³/mol. The van der Waals surface area contributed by atoms with Crippen molar-refractivity contribution in [2.45, 2.75) is 51.0 Å². The molecule has 192 valence electrons. The summed E-state index contributed by atoms with van der Waals surface area (Å²) >= 11 is 0. The lowest BCUT2D eigenvalue weighted by molar-refractivity contribution is -0.138. The maximum atomic E-state index is 13.3. The van der Waals surface area contributed by atoms with Crippen LogP contribution in [0, 0.1) is 5.92 Å². The van der Waals surface area contributed by atoms with E-state index in [-0.39, 0.29) is 47.9 Å². The van der Waals surface area contributed by atoms with Crippen LogP contribution in [0.25, 0.3) is 0 Å². The van der Waals surface area contributed by atoms with E-state index in [4.69, 9.17) is 4.74 Å². The number of piperidine rings is 1. The topological polar surface area (TPSA) is 108 Å². The van der Waals surface area contributed by atoms with Crippen LogP contribution in [0.5, 0.6) is 0 Å². The van der Waals surface area contributed by atoms with E-state index in [1.807, 2.05) is 6.92 Å². The maximum Gasteiger partial charge on any atom is 0.409 e. The largest absolute Gasteiger partial charge is 0.450 e. The van der Waals surface area contributed by atoms with E-state index in [1.165, 1.54) is 11.2 Å². The number of anilines is 1. The van der Waals surface area contributed by atoms with E-state index in [0.717, 1.165) is 11.3 Å². The number of ether oxygens (including phenoxy) is 1. The van der Waals surface area contributed by atoms with Gasteiger partial charge in [-0.25, -0.2) is 13.2 Å². The second-order valence-electron chi connectivity index (χ2n) is 9.42. The Morgan fingerprint density at radius 3 is 2.23 bits per heavy atom. The zero-order valence-electron chi connectivity index (χ0n) is 20.6. The molecule has 35 heavy (non-hydrogen) atoms. The first kappa shape index (κ1) is 25.4. The number of amides is 3. The Morgan fingerprint density at radius 2 is 1.63 bits per heavy atom. The van der Waals surface area contributed by atoms with E-state index in [1.54, 1.807) is 39.8 Å². The van der Waals surface area contributed by atoms with Crippen LogP contribution >= 0.6 is 0 Å². The van der Waals surface area contributed by atoms with E-state index >= 15 is 0 Å². The molecule has 3 heterocycles. The number of benzene rings is 1. The number of fused-ring (bicyclic) bond motifs is 1. The van der Waals surface area contributed by atoms with Crippen molar-refractivity contribution in [2.75, 3.05) is 50.8 Å². The number of piperazine rings is 1. The van der Waals surface area contributed by atoms with Gasteiger partial charge in [-0.05, 0) is 56.9 Å². The molecule has 1 aromatic rings. The third-order valence-corrected chi connectivity index (χ3v) is 9.06. The van der Waals surface area contributed by atoms with E-state index < -0.39 is 10.0 Å². The second kappa shape index (κ2) is 10.1. The van der Waals surface area contributed by atoms with Gasteiger partial charge in [-0.1, -0.05) is 0 Å². The van der Waals surface area contributed by atoms with Gasteiger partial charge in [0.2, 0.25) is 21.8 Å². The molecule has 1 aromatic carbocycles. The summed E-state index contributed by atoms with van der Waals surface area (Å²) < 4.78 is 33.1. The van der Waals surface area contributed by atoms with Crippen LogP contribution in [0.4, 0.5) is 10.5 Å². The standard InChI is InChI=1S/C24H34N4O6S/c1-4-34-24(31)26-13-11-25(12-14-26)23(30)19-7-9-27(10-8-19)35(32,33)21-5-6-22-20(16-21)15-17(2)28(22)18(3)29/h5-6,16-17,19H,4,7-15H2,1-3H3/t17-/m0/s1. The highest BCUT2D eigenvalue weighted by molar-refractivity contribution is 7.89. The Balaban J connectivity index is 1.35. The molecule has 0 aromatic heterocycles. The lowest BCUT2D eigenvalue weighted by atomic mass is 9.96. The molecule has 4 rings (SSSR count). The summed E-state index contributed by atoms with van der Waals surface area (Å²) in [7, 11) is -3.69. The number of carbonyl (C=O) groups is 3. The first-order valence-corrected chi connectivity index (χ1v) is 13.7. The molecule has 2 saturated heterocycles. The number of carbonyl (C=O) groups excluding carboxylic acids is 3. The average molecular weight is 507 g/mol. The van der Waals surface area contributed by atoms with Crippen LogP contribution in [0.2, 0.25) is 0 Å². The number of sulfonamides is 1. The Hall–Kier alpha value is -2.66. The molecule has 3 aliphatic heterocycles. The highest BCUT2D eigenvalue weighted by atomic mass is 32.2. The molecular weight excluding hydrogens is 472 g/mol. The van der Waals surface area contributed by atoms with Crippen LogP contribution in [-0.2, 0) is 30.8 Å². The van der Waals surface area contributed by atoms with Crippen molar-refractivity contribution in [3.63, 3.8) is 0 Å². The van der Waals surface area contributed by atoms with E-state index in [0.29, 0.717) is 52.0 Å². The van der Waals surface area contributed by atoms with Crippen molar-refractivity contribution in [1.82, 2.24) is 14.1 Å². The quantitative estimate of drug-likeness (QED) is 0.615. The van der Waals surface area contributed by atoms with Crippen molar-refractivity contribution >= 4 is 33.6 Å². The van der Waals surface area contributed by atoms with Crippen molar-refractivity contribution in [1.29, 1.82) is 0 Å². The van der Waals surface area contributed by atoms with Crippen LogP contribution in [-0.4, -0.2) is 92.3 Å². The molecule has 11 heteroatoms. The number of rotatable bonds is 4. The minimum atomic E-state index is -3.69. The van der Waals surface area contributed by atoms with Crippen LogP contribution in [0.1, 0.15) is 39.2 Å². The third kappa shape index (κ3) is 5.02. The summed E-state index contributed by atoms with van der Waals surface area (Å²) in [6.07, 6.45) is 1.21. The molecule has 10 nitrogen and oxygen atoms in total. The monoisotopic (exact) mass is 506 g/mol. The van der Waals surface area contributed by atoms with E-state index in [2.05, 4.69) is 0 Å². The Bertz CT molecular complexity index is 1090. The highest BCUT2D eigenvalue weighted by Gasteiger charge is 2.36. The van der Waals surface area contributed by atoms with Gasteiger partial charge in [-0.3, -0.25) is 9.59 Å². The molecule has 1 atom stereocenters. The number of nitrogens with zero attached hydrogens (tertiary/aromatic N) is 4. The maximum absolute atomic E-state index is 13.3. The average Bonchev–Trinajstić information content (AvgIpc) is 3.19. The fraction of sp³-hybridized carbons (Fsp3) is 0.625. The van der Waals surface area contributed by atoms with Crippen molar-refractivity contribution < 1.29 is 27.5 Å². The van der Waals surface area contributed by atoms with Gasteiger partial charge in [-0.15, -0.1) is 0 Å². The van der Waals surface area contributed by atoms with Gasteiger partial charge < -0.3 is 19.4 Å². The number of hydrogen-bond donors (Lipinski definition) is 0. The molecule has 0 unspecified atom stereocenters. The van der Waals surface area contributed by atoms with Gasteiger partial charge in [0, 0.05) is 63.8 Å². The lowest BCUT2D eigenvalue weighted by Gasteiger charge is -2.38. The minimum absolute atomic E-state index is 0.00127. The molecule has 0 bridgehead atoms. The predicted octanol–water partition coefficient (Wildman–Crippen LogP) is 1.69. The zero-order chi connectivity index (χ0) is 25.3. The molecule has 0 spiro atoms. The van der Waals surface area contributed by atoms with Gasteiger partial charge in [-0.2, -0.15) is 4.31 Å². The molecule has 3 amide bonds. The molecule has 0 radical (unpaired) electrons. The summed E-state index contributed by atoms with van der Waals surface area (Å²) in [5.74, 6) is -0.247. The summed E-state index contributed by atoms with van der Waals surface area (Å²) in [6, 6.07) is 4.98. The zero-order valence-corrected chi connectivity index (χ0v) is 21.4. The third-order valence-electron chi connectivity index (χ3n) is 7.16. The first-order valence-electron chi connectivity index (χ1n) is 12.3. The smallest absolute Gasteiger partial charge is 0.409 e. The molecular formula is C24H34N4O6S. The number of hydrogen-bond acceptors (Lipinski definition) is 6. The summed E-state index contributed by atoms with van der Waals surface area (Å²) in [4.78, 5) is 42.2. The highest BCUT2D eigenvalue weighted by Crippen LogP contribution is 2.35. The van der Waals surface area contributed by atoms with Gasteiger partial charge in [0.15, 0.2) is 0 Å². The van der Waals surface area contributed by atoms with Crippen molar-refractivity contribution in [2.24, 2.45) is 5.92 Å². The second-order valence-corrected chi connectivity index (χ2v) is 11.4. The Labute approximate surface area is 206 Å². The molecule has 0 aliphatic carbocycles. The molecule has 2 fully saturated rings. The van der Waals surface area contributed by atoms with Crippen LogP contribution in [0.3, 0.4) is 0 Å². The molecule has 0 saturated carbocycles. The fourth-order valence-corrected chi connectivity index (χ4v) is 6.84. The van der Waals surface area contributed by atoms with E-state index in [9.17, 15) is 22.8 Å². The van der Waals surface area contributed by atoms with Crippen molar-refractivity contribution in [3.8, 4) is 0 Å². The lowest BCUT2D eigenvalue weighted by Crippen LogP contribution is -2.53. The van der Waals surface area contributed by atoms with Gasteiger partial charge >= 0.3 is 6.09 Å². The minimum Gasteiger partial charge on any atom is -0.450 e. The van der Waals surface area contributed by atoms with Crippen LogP contribution in [0.15, 0.2) is 23.1 Å². The van der Waals surface area contributed by atoms with Crippen LogP contribution < -0.4 is 4.90 Å². The molecule has 0 N–H and O–H groups in total.